The van der Waals surface area contributed by atoms with Gasteiger partial charge in [-0.1, -0.05) is 35.5 Å². The van der Waals surface area contributed by atoms with Gasteiger partial charge in [-0.25, -0.2) is 0 Å². The lowest BCUT2D eigenvalue weighted by Crippen LogP contribution is -2.28. The van der Waals surface area contributed by atoms with E-state index in [9.17, 15) is 4.79 Å². The molecule has 1 aliphatic rings. The zero-order valence-electron chi connectivity index (χ0n) is 14.1. The summed E-state index contributed by atoms with van der Waals surface area (Å²) >= 11 is 0. The maximum atomic E-state index is 13.0. The zero-order chi connectivity index (χ0) is 17.9. The fourth-order valence-electron chi connectivity index (χ4n) is 3.41. The van der Waals surface area contributed by atoms with Crippen molar-refractivity contribution in [2.45, 2.75) is 12.3 Å². The van der Waals surface area contributed by atoms with Crippen LogP contribution in [0.5, 0.6) is 0 Å². The van der Waals surface area contributed by atoms with E-state index in [1.165, 1.54) is 11.8 Å². The molecule has 1 amide bonds. The second kappa shape index (κ2) is 6.85. The van der Waals surface area contributed by atoms with Gasteiger partial charge in [0.1, 0.15) is 5.56 Å². The Bertz CT molecular complexity index is 955. The van der Waals surface area contributed by atoms with E-state index >= 15 is 0 Å². The Kier molecular flexibility index (Phi) is 4.24. The van der Waals surface area contributed by atoms with E-state index < -0.39 is 0 Å². The van der Waals surface area contributed by atoms with Crippen molar-refractivity contribution < 1.29 is 9.32 Å². The van der Waals surface area contributed by atoms with Crippen molar-refractivity contribution in [1.29, 1.82) is 5.26 Å². The van der Waals surface area contributed by atoms with E-state index in [-0.39, 0.29) is 5.91 Å². The fraction of sp³-hybridized carbons (Fsp3) is 0.190. The molecule has 4 rings (SSSR count). The number of benzene rings is 2. The highest BCUT2D eigenvalue weighted by atomic mass is 16.5. The van der Waals surface area contributed by atoms with E-state index in [2.05, 4.69) is 23.4 Å². The second-order valence-electron chi connectivity index (χ2n) is 6.41. The number of carbonyl (C=O) groups is 1. The van der Waals surface area contributed by atoms with E-state index in [1.54, 1.807) is 24.3 Å². The van der Waals surface area contributed by atoms with Crippen molar-refractivity contribution in [2.75, 3.05) is 13.1 Å². The van der Waals surface area contributed by atoms with Gasteiger partial charge in [0.2, 0.25) is 0 Å². The molecule has 2 heterocycles. The highest BCUT2D eigenvalue weighted by Crippen LogP contribution is 2.30. The molecule has 5 heteroatoms. The lowest BCUT2D eigenvalue weighted by molar-refractivity contribution is 0.0791. The number of likely N-dealkylation sites (tertiary alicyclic amines) is 1. The van der Waals surface area contributed by atoms with Crippen LogP contribution in [0.1, 0.15) is 33.8 Å². The summed E-state index contributed by atoms with van der Waals surface area (Å²) in [4.78, 5) is 14.8. The van der Waals surface area contributed by atoms with Crippen LogP contribution >= 0.6 is 0 Å². The largest absolute Gasteiger partial charge is 0.355 e. The quantitative estimate of drug-likeness (QED) is 0.724. The lowest BCUT2D eigenvalue weighted by Gasteiger charge is -2.16. The monoisotopic (exact) mass is 343 g/mol. The summed E-state index contributed by atoms with van der Waals surface area (Å²) in [5.41, 5.74) is 3.03. The van der Waals surface area contributed by atoms with Gasteiger partial charge in [-0.05, 0) is 36.2 Å². The molecule has 0 bridgehead atoms. The van der Waals surface area contributed by atoms with Gasteiger partial charge in [-0.2, -0.15) is 5.26 Å². The SMILES string of the molecule is N#Cc1ccc(-c2oncc2C(=O)N2CCC(c3ccccc3)C2)cc1. The average molecular weight is 343 g/mol. The van der Waals surface area contributed by atoms with Gasteiger partial charge in [-0.3, -0.25) is 4.79 Å². The third-order valence-corrected chi connectivity index (χ3v) is 4.82. The number of nitrogens with zero attached hydrogens (tertiary/aromatic N) is 3. The van der Waals surface area contributed by atoms with Crippen LogP contribution in [0.3, 0.4) is 0 Å². The van der Waals surface area contributed by atoms with Gasteiger partial charge in [0.25, 0.3) is 5.91 Å². The van der Waals surface area contributed by atoms with E-state index in [0.717, 1.165) is 18.5 Å². The van der Waals surface area contributed by atoms with Crippen LogP contribution < -0.4 is 0 Å². The van der Waals surface area contributed by atoms with Crippen LogP contribution in [0.4, 0.5) is 0 Å². The average Bonchev–Trinajstić information content (AvgIpc) is 3.38. The van der Waals surface area contributed by atoms with Crippen molar-refractivity contribution in [2.24, 2.45) is 0 Å². The molecule has 0 N–H and O–H groups in total. The fourth-order valence-corrected chi connectivity index (χ4v) is 3.41. The summed E-state index contributed by atoms with van der Waals surface area (Å²) in [5.74, 6) is 0.741. The number of hydrogen-bond donors (Lipinski definition) is 0. The Morgan fingerprint density at radius 3 is 2.65 bits per heavy atom. The highest BCUT2D eigenvalue weighted by Gasteiger charge is 2.30. The molecule has 1 unspecified atom stereocenters. The van der Waals surface area contributed by atoms with Crippen molar-refractivity contribution in [3.8, 4) is 17.4 Å². The van der Waals surface area contributed by atoms with Gasteiger partial charge >= 0.3 is 0 Å². The first-order valence-corrected chi connectivity index (χ1v) is 8.55. The van der Waals surface area contributed by atoms with E-state index in [4.69, 9.17) is 9.78 Å². The molecule has 1 atom stereocenters. The van der Waals surface area contributed by atoms with Crippen LogP contribution in [0.15, 0.2) is 65.3 Å². The van der Waals surface area contributed by atoms with E-state index in [0.29, 0.717) is 29.3 Å². The topological polar surface area (TPSA) is 70.1 Å². The van der Waals surface area contributed by atoms with E-state index in [1.807, 2.05) is 23.1 Å². The highest BCUT2D eigenvalue weighted by molar-refractivity contribution is 5.99. The first kappa shape index (κ1) is 16.1. The van der Waals surface area contributed by atoms with Crippen molar-refractivity contribution >= 4 is 5.91 Å². The summed E-state index contributed by atoms with van der Waals surface area (Å²) < 4.78 is 5.34. The number of aromatic nitrogens is 1. The molecule has 1 fully saturated rings. The maximum absolute atomic E-state index is 13.0. The van der Waals surface area contributed by atoms with Gasteiger partial charge in [0.05, 0.1) is 17.8 Å². The Balaban J connectivity index is 1.55. The summed E-state index contributed by atoms with van der Waals surface area (Å²) in [6.07, 6.45) is 2.43. The molecule has 0 saturated carbocycles. The minimum absolute atomic E-state index is 0.0657. The number of nitriles is 1. The number of rotatable bonds is 3. The molecule has 0 spiro atoms. The summed E-state index contributed by atoms with van der Waals surface area (Å²) in [6, 6.07) is 19.3. The molecular weight excluding hydrogens is 326 g/mol. The third-order valence-electron chi connectivity index (χ3n) is 4.82. The van der Waals surface area contributed by atoms with Crippen LogP contribution in [-0.4, -0.2) is 29.1 Å². The molecule has 128 valence electrons. The van der Waals surface area contributed by atoms with Crippen LogP contribution in [0, 0.1) is 11.3 Å². The smallest absolute Gasteiger partial charge is 0.259 e. The number of amides is 1. The normalized spacial score (nSPS) is 16.4. The molecule has 1 aliphatic heterocycles. The molecule has 3 aromatic rings. The van der Waals surface area contributed by atoms with Crippen LogP contribution in [0.25, 0.3) is 11.3 Å². The first-order chi connectivity index (χ1) is 12.8. The minimum Gasteiger partial charge on any atom is -0.355 e. The Morgan fingerprint density at radius 1 is 1.15 bits per heavy atom. The minimum atomic E-state index is -0.0657. The maximum Gasteiger partial charge on any atom is 0.259 e. The molecule has 1 saturated heterocycles. The number of hydrogen-bond acceptors (Lipinski definition) is 4. The Hall–Kier alpha value is -3.39. The van der Waals surface area contributed by atoms with Crippen molar-refractivity contribution in [3.63, 3.8) is 0 Å². The predicted octanol–water partition coefficient (Wildman–Crippen LogP) is 3.84. The summed E-state index contributed by atoms with van der Waals surface area (Å²) in [6.45, 7) is 1.41. The Labute approximate surface area is 151 Å². The van der Waals surface area contributed by atoms with Crippen LogP contribution in [-0.2, 0) is 0 Å². The summed E-state index contributed by atoms with van der Waals surface area (Å²) in [7, 11) is 0. The standard InChI is InChI=1S/C21H17N3O2/c22-12-15-6-8-17(9-7-15)20-19(13-23-26-20)21(25)24-11-10-18(14-24)16-4-2-1-3-5-16/h1-9,13,18H,10-11,14H2. The molecule has 26 heavy (non-hydrogen) atoms. The van der Waals surface area contributed by atoms with Gasteiger partial charge in [-0.15, -0.1) is 0 Å². The molecular formula is C21H17N3O2. The van der Waals surface area contributed by atoms with Gasteiger partial charge < -0.3 is 9.42 Å². The van der Waals surface area contributed by atoms with Gasteiger partial charge in [0, 0.05) is 24.6 Å². The molecule has 0 aliphatic carbocycles. The van der Waals surface area contributed by atoms with Crippen LogP contribution in [0.2, 0.25) is 0 Å². The van der Waals surface area contributed by atoms with Gasteiger partial charge in [0.15, 0.2) is 5.76 Å². The lowest BCUT2D eigenvalue weighted by atomic mass is 9.99. The summed E-state index contributed by atoms with van der Waals surface area (Å²) in [5, 5.41) is 12.7. The number of carbonyl (C=O) groups excluding carboxylic acids is 1. The first-order valence-electron chi connectivity index (χ1n) is 8.55. The molecule has 2 aromatic carbocycles. The molecule has 5 nitrogen and oxygen atoms in total. The van der Waals surface area contributed by atoms with Crippen molar-refractivity contribution in [1.82, 2.24) is 10.1 Å². The molecule has 0 radical (unpaired) electrons. The molecule has 1 aromatic heterocycles. The Morgan fingerprint density at radius 2 is 1.92 bits per heavy atom. The third kappa shape index (κ3) is 2.98. The second-order valence-corrected chi connectivity index (χ2v) is 6.41. The zero-order valence-corrected chi connectivity index (χ0v) is 14.1. The predicted molar refractivity (Wildman–Crippen MR) is 96.4 cm³/mol. The van der Waals surface area contributed by atoms with Crippen molar-refractivity contribution in [3.05, 3.63) is 77.5 Å².